The van der Waals surface area contributed by atoms with Gasteiger partial charge < -0.3 is 14.6 Å². The van der Waals surface area contributed by atoms with Crippen molar-refractivity contribution in [3.63, 3.8) is 0 Å². The molecular formula is C21H23F2N5O2S. The van der Waals surface area contributed by atoms with Crippen LogP contribution in [0, 0.1) is 0 Å². The molecule has 3 aromatic rings. The third-order valence-electron chi connectivity index (χ3n) is 5.72. The first-order chi connectivity index (χ1) is 14.8. The number of pyridine rings is 2. The molecule has 0 aromatic carbocycles. The lowest BCUT2D eigenvalue weighted by atomic mass is 10.1. The van der Waals surface area contributed by atoms with Gasteiger partial charge >= 0.3 is 0 Å². The van der Waals surface area contributed by atoms with Crippen molar-refractivity contribution in [2.24, 2.45) is 4.36 Å². The minimum Gasteiger partial charge on any atom is -0.377 e. The second-order valence-corrected chi connectivity index (χ2v) is 10.5. The van der Waals surface area contributed by atoms with Gasteiger partial charge in [-0.05, 0) is 25.1 Å². The molecule has 2 atom stereocenters. The van der Waals surface area contributed by atoms with Gasteiger partial charge in [-0.25, -0.2) is 23.0 Å². The van der Waals surface area contributed by atoms with Gasteiger partial charge in [0, 0.05) is 59.9 Å². The lowest BCUT2D eigenvalue weighted by Crippen LogP contribution is -2.43. The predicted molar refractivity (Wildman–Crippen MR) is 116 cm³/mol. The molecule has 0 bridgehead atoms. The summed E-state index contributed by atoms with van der Waals surface area (Å²) in [5, 5.41) is 0.893. The predicted octanol–water partition coefficient (Wildman–Crippen LogP) is 3.99. The Bertz CT molecular complexity index is 1250. The van der Waals surface area contributed by atoms with Crippen molar-refractivity contribution in [2.45, 2.75) is 25.3 Å². The zero-order valence-electron chi connectivity index (χ0n) is 17.1. The Morgan fingerprint density at radius 3 is 3.00 bits per heavy atom. The third-order valence-corrected chi connectivity index (χ3v) is 7.95. The Morgan fingerprint density at radius 1 is 1.35 bits per heavy atom. The number of ether oxygens (including phenoxy) is 1. The minimum atomic E-state index is -3.06. The molecule has 5 rings (SSSR count). The summed E-state index contributed by atoms with van der Waals surface area (Å²) >= 11 is 0. The summed E-state index contributed by atoms with van der Waals surface area (Å²) in [6.45, 7) is 3.93. The summed E-state index contributed by atoms with van der Waals surface area (Å²) in [7, 11) is -3.06. The number of morpholine rings is 1. The van der Waals surface area contributed by atoms with E-state index in [2.05, 4.69) is 31.1 Å². The van der Waals surface area contributed by atoms with Gasteiger partial charge in [0.05, 0.1) is 34.4 Å². The molecule has 0 saturated carbocycles. The third kappa shape index (κ3) is 4.01. The number of hydrogen-bond acceptors (Lipinski definition) is 6. The number of H-pyrrole nitrogens is 1. The second kappa shape index (κ2) is 7.52. The van der Waals surface area contributed by atoms with E-state index < -0.39 is 27.8 Å². The van der Waals surface area contributed by atoms with E-state index in [1.807, 2.05) is 18.2 Å². The van der Waals surface area contributed by atoms with Crippen molar-refractivity contribution in [1.82, 2.24) is 15.0 Å². The van der Waals surface area contributed by atoms with Crippen LogP contribution in [0.25, 0.3) is 22.3 Å². The van der Waals surface area contributed by atoms with E-state index in [0.29, 0.717) is 25.5 Å². The van der Waals surface area contributed by atoms with Crippen LogP contribution in [0.5, 0.6) is 0 Å². The lowest BCUT2D eigenvalue weighted by Gasteiger charge is -2.35. The number of halogens is 2. The van der Waals surface area contributed by atoms with E-state index in [-0.39, 0.29) is 17.6 Å². The Morgan fingerprint density at radius 2 is 2.23 bits per heavy atom. The Hall–Kier alpha value is -2.59. The molecule has 0 aliphatic carbocycles. The molecule has 0 amide bonds. The number of fused-ring (bicyclic) bond motifs is 1. The molecule has 2 aliphatic rings. The molecule has 2 saturated heterocycles. The van der Waals surface area contributed by atoms with E-state index in [4.69, 9.17) is 4.74 Å². The fourth-order valence-corrected chi connectivity index (χ4v) is 6.34. The molecule has 10 heteroatoms. The van der Waals surface area contributed by atoms with Gasteiger partial charge in [-0.3, -0.25) is 0 Å². The summed E-state index contributed by atoms with van der Waals surface area (Å²) in [5.41, 5.74) is 3.06. The summed E-state index contributed by atoms with van der Waals surface area (Å²) < 4.78 is 50.3. The average molecular weight is 448 g/mol. The zero-order chi connectivity index (χ0) is 21.6. The maximum atomic E-state index is 13.8. The van der Waals surface area contributed by atoms with Crippen LogP contribution in [-0.2, 0) is 14.5 Å². The number of hydrogen-bond donors (Lipinski definition) is 1. The number of nitrogens with one attached hydrogen (secondary N) is 1. The van der Waals surface area contributed by atoms with Gasteiger partial charge in [0.25, 0.3) is 5.92 Å². The van der Waals surface area contributed by atoms with Crippen LogP contribution in [0.4, 0.5) is 20.3 Å². The van der Waals surface area contributed by atoms with Crippen LogP contribution in [0.3, 0.4) is 0 Å². The zero-order valence-corrected chi connectivity index (χ0v) is 17.9. The topological polar surface area (TPSA) is 83.5 Å². The average Bonchev–Trinajstić information content (AvgIpc) is 3.31. The minimum absolute atomic E-state index is 0.119. The highest BCUT2D eigenvalue weighted by atomic mass is 32.2. The number of aromatic amines is 1. The number of nitrogens with zero attached hydrogens (tertiary/aromatic N) is 4. The van der Waals surface area contributed by atoms with E-state index in [1.54, 1.807) is 18.5 Å². The monoisotopic (exact) mass is 447 g/mol. The molecule has 7 nitrogen and oxygen atoms in total. The Kier molecular flexibility index (Phi) is 4.93. The molecule has 5 heterocycles. The molecule has 2 fully saturated rings. The molecule has 31 heavy (non-hydrogen) atoms. The smallest absolute Gasteiger partial charge is 0.261 e. The van der Waals surface area contributed by atoms with Gasteiger partial charge in [0.2, 0.25) is 0 Å². The first kappa shape index (κ1) is 20.3. The fourth-order valence-electron chi connectivity index (χ4n) is 4.18. The summed E-state index contributed by atoms with van der Waals surface area (Å²) in [6.07, 6.45) is 3.09. The summed E-state index contributed by atoms with van der Waals surface area (Å²) in [5.74, 6) is -3.56. The Labute approximate surface area is 179 Å². The maximum Gasteiger partial charge on any atom is 0.261 e. The van der Waals surface area contributed by atoms with Gasteiger partial charge in [-0.15, -0.1) is 0 Å². The van der Waals surface area contributed by atoms with Crippen molar-refractivity contribution < 1.29 is 17.7 Å². The largest absolute Gasteiger partial charge is 0.377 e. The summed E-state index contributed by atoms with van der Waals surface area (Å²) in [6, 6.07) is 7.60. The first-order valence-electron chi connectivity index (χ1n) is 10.2. The van der Waals surface area contributed by atoms with Crippen LogP contribution >= 0.6 is 0 Å². The van der Waals surface area contributed by atoms with Crippen molar-refractivity contribution in [3.8, 4) is 11.3 Å². The quantitative estimate of drug-likeness (QED) is 0.657. The molecule has 2 aliphatic heterocycles. The first-order valence-corrected chi connectivity index (χ1v) is 12.1. The van der Waals surface area contributed by atoms with Crippen molar-refractivity contribution in [3.05, 3.63) is 36.7 Å². The highest BCUT2D eigenvalue weighted by Crippen LogP contribution is 2.35. The molecule has 164 valence electrons. The van der Waals surface area contributed by atoms with Gasteiger partial charge in [0.1, 0.15) is 5.65 Å². The molecule has 0 spiro atoms. The van der Waals surface area contributed by atoms with Crippen LogP contribution in [0.15, 0.2) is 41.0 Å². The van der Waals surface area contributed by atoms with Gasteiger partial charge in [-0.1, -0.05) is 0 Å². The number of anilines is 1. The highest BCUT2D eigenvalue weighted by Gasteiger charge is 2.41. The standard InChI is InChI=1S/C21H23F2N5O2S/c1-14-12-30-8-7-28(14)15-10-18(16-2-5-24-20-17(16)3-6-25-20)26-19(11-15)27-31(29)9-4-21(22,23)13-31/h2-3,5-6,10-11,14H,4,7-9,12-13H2,1H3,(H,24,25)/t14-,31?/m1/s1. The van der Waals surface area contributed by atoms with Gasteiger partial charge in [0.15, 0.2) is 5.82 Å². The SMILES string of the molecule is C[C@@H]1COCCN1c1cc(N=S2(=O)CCC(F)(F)C2)nc(-c2ccnc3[nH]ccc23)c1. The van der Waals surface area contributed by atoms with E-state index >= 15 is 0 Å². The van der Waals surface area contributed by atoms with Crippen molar-refractivity contribution >= 4 is 32.3 Å². The van der Waals surface area contributed by atoms with E-state index in [9.17, 15) is 13.0 Å². The maximum absolute atomic E-state index is 13.8. The Balaban J connectivity index is 1.66. The number of alkyl halides is 2. The molecule has 1 N–H and O–H groups in total. The van der Waals surface area contributed by atoms with Crippen molar-refractivity contribution in [1.29, 1.82) is 0 Å². The summed E-state index contributed by atoms with van der Waals surface area (Å²) in [4.78, 5) is 14.2. The van der Waals surface area contributed by atoms with E-state index in [1.165, 1.54) is 0 Å². The van der Waals surface area contributed by atoms with Crippen LogP contribution in [-0.4, -0.2) is 62.4 Å². The van der Waals surface area contributed by atoms with Gasteiger partial charge in [-0.2, -0.15) is 4.36 Å². The van der Waals surface area contributed by atoms with E-state index in [0.717, 1.165) is 22.3 Å². The lowest BCUT2D eigenvalue weighted by molar-refractivity contribution is 0.0306. The van der Waals surface area contributed by atoms with Crippen LogP contribution in [0.2, 0.25) is 0 Å². The number of aromatic nitrogens is 3. The second-order valence-electron chi connectivity index (χ2n) is 8.10. The highest BCUT2D eigenvalue weighted by molar-refractivity contribution is 7.94. The normalized spacial score (nSPS) is 25.8. The van der Waals surface area contributed by atoms with Crippen LogP contribution < -0.4 is 4.90 Å². The molecular weight excluding hydrogens is 424 g/mol. The molecule has 0 radical (unpaired) electrons. The molecule has 3 aromatic heterocycles. The van der Waals surface area contributed by atoms with Crippen molar-refractivity contribution in [2.75, 3.05) is 36.2 Å². The fraction of sp³-hybridized carbons (Fsp3) is 0.429. The van der Waals surface area contributed by atoms with Crippen LogP contribution in [0.1, 0.15) is 13.3 Å². The molecule has 1 unspecified atom stereocenters. The number of rotatable bonds is 3.